The molecule has 2 N–H and O–H groups in total. The largest absolute Gasteiger partial charge is 0.493 e. The zero-order valence-corrected chi connectivity index (χ0v) is 17.9. The zero-order chi connectivity index (χ0) is 21.6. The summed E-state index contributed by atoms with van der Waals surface area (Å²) in [5.41, 5.74) is 3.17. The molecule has 158 valence electrons. The molecule has 9 heteroatoms. The first-order valence-electron chi connectivity index (χ1n) is 9.38. The van der Waals surface area contributed by atoms with Crippen molar-refractivity contribution in [2.45, 2.75) is 24.7 Å². The Labute approximate surface area is 176 Å². The van der Waals surface area contributed by atoms with Crippen LogP contribution in [-0.2, 0) is 16.4 Å². The summed E-state index contributed by atoms with van der Waals surface area (Å²) in [6.45, 7) is 2.08. The minimum Gasteiger partial charge on any atom is -0.493 e. The van der Waals surface area contributed by atoms with Gasteiger partial charge in [0.25, 0.3) is 10.0 Å². The van der Waals surface area contributed by atoms with E-state index in [0.717, 1.165) is 24.0 Å². The summed E-state index contributed by atoms with van der Waals surface area (Å²) in [5.74, 6) is 1.17. The van der Waals surface area contributed by atoms with E-state index in [4.69, 9.17) is 9.47 Å². The van der Waals surface area contributed by atoms with Crippen molar-refractivity contribution >= 4 is 16.2 Å². The fourth-order valence-corrected chi connectivity index (χ4v) is 3.75. The van der Waals surface area contributed by atoms with Gasteiger partial charge in [-0.15, -0.1) is 0 Å². The molecule has 30 heavy (non-hydrogen) atoms. The van der Waals surface area contributed by atoms with Crippen LogP contribution in [0.3, 0.4) is 0 Å². The molecule has 1 aromatic heterocycles. The number of hydrogen-bond acceptors (Lipinski definition) is 6. The summed E-state index contributed by atoms with van der Waals surface area (Å²) in [5, 5.41) is 10.8. The standard InChI is InChI=1S/C21H24N4O4S/c1-4-5-15-6-9-18(10-7-15)30(26,27)25-23-14-17-13-22-24-21(17)16-8-11-19(28-2)20(12-16)29-3/h6-14,25H,4-5H2,1-3H3,(H,22,24)/b23-14-. The predicted octanol–water partition coefficient (Wildman–Crippen LogP) is 3.36. The number of aryl methyl sites for hydroxylation is 1. The average Bonchev–Trinajstić information content (AvgIpc) is 3.22. The lowest BCUT2D eigenvalue weighted by atomic mass is 10.1. The number of ether oxygens (including phenoxy) is 2. The highest BCUT2D eigenvalue weighted by atomic mass is 32.2. The minimum atomic E-state index is -3.76. The van der Waals surface area contributed by atoms with E-state index in [1.54, 1.807) is 44.7 Å². The molecule has 3 aromatic rings. The number of sulfonamides is 1. The quantitative estimate of drug-likeness (QED) is 0.402. The molecule has 2 aromatic carbocycles. The van der Waals surface area contributed by atoms with Crippen LogP contribution >= 0.6 is 0 Å². The van der Waals surface area contributed by atoms with Gasteiger partial charge in [0.15, 0.2) is 11.5 Å². The van der Waals surface area contributed by atoms with Gasteiger partial charge in [0.1, 0.15) is 0 Å². The van der Waals surface area contributed by atoms with Crippen molar-refractivity contribution in [1.29, 1.82) is 0 Å². The lowest BCUT2D eigenvalue weighted by Gasteiger charge is -2.09. The van der Waals surface area contributed by atoms with E-state index in [0.29, 0.717) is 22.8 Å². The molecule has 0 aliphatic carbocycles. The smallest absolute Gasteiger partial charge is 0.276 e. The van der Waals surface area contributed by atoms with Crippen LogP contribution in [0.1, 0.15) is 24.5 Å². The Bertz CT molecular complexity index is 1120. The second-order valence-electron chi connectivity index (χ2n) is 6.52. The normalized spacial score (nSPS) is 11.6. The zero-order valence-electron chi connectivity index (χ0n) is 17.0. The molecule has 0 aliphatic heterocycles. The third kappa shape index (κ3) is 4.80. The number of aromatic amines is 1. The molecule has 0 amide bonds. The number of hydrogen-bond donors (Lipinski definition) is 2. The van der Waals surface area contributed by atoms with Gasteiger partial charge in [-0.05, 0) is 42.3 Å². The van der Waals surface area contributed by atoms with Gasteiger partial charge in [-0.3, -0.25) is 5.10 Å². The van der Waals surface area contributed by atoms with Gasteiger partial charge in [0.05, 0.1) is 37.2 Å². The summed E-state index contributed by atoms with van der Waals surface area (Å²) in [4.78, 5) is 2.40. The maximum Gasteiger partial charge on any atom is 0.276 e. The molecule has 0 unspecified atom stereocenters. The highest BCUT2D eigenvalue weighted by Gasteiger charge is 2.13. The third-order valence-corrected chi connectivity index (χ3v) is 5.73. The molecule has 1 heterocycles. The van der Waals surface area contributed by atoms with E-state index in [1.807, 2.05) is 18.2 Å². The van der Waals surface area contributed by atoms with Crippen LogP contribution in [-0.4, -0.2) is 39.0 Å². The highest BCUT2D eigenvalue weighted by molar-refractivity contribution is 7.89. The lowest BCUT2D eigenvalue weighted by molar-refractivity contribution is 0.355. The topological polar surface area (TPSA) is 106 Å². The van der Waals surface area contributed by atoms with Crippen molar-refractivity contribution in [2.24, 2.45) is 5.10 Å². The number of hydrazone groups is 1. The van der Waals surface area contributed by atoms with Gasteiger partial charge in [-0.2, -0.15) is 18.6 Å². The van der Waals surface area contributed by atoms with E-state index in [-0.39, 0.29) is 4.90 Å². The number of nitrogens with zero attached hydrogens (tertiary/aromatic N) is 2. The van der Waals surface area contributed by atoms with Gasteiger partial charge in [-0.25, -0.2) is 4.83 Å². The van der Waals surface area contributed by atoms with Gasteiger partial charge in [-0.1, -0.05) is 25.5 Å². The second kappa shape index (κ2) is 9.45. The third-order valence-electron chi connectivity index (χ3n) is 4.49. The highest BCUT2D eigenvalue weighted by Crippen LogP contribution is 2.32. The number of aromatic nitrogens is 2. The predicted molar refractivity (Wildman–Crippen MR) is 115 cm³/mol. The first-order chi connectivity index (χ1) is 14.5. The Morgan fingerprint density at radius 3 is 2.50 bits per heavy atom. The second-order valence-corrected chi connectivity index (χ2v) is 8.18. The molecule has 0 fully saturated rings. The molecule has 0 saturated heterocycles. The van der Waals surface area contributed by atoms with Gasteiger partial charge in [0, 0.05) is 11.1 Å². The number of nitrogens with one attached hydrogen (secondary N) is 2. The molecule has 0 atom stereocenters. The van der Waals surface area contributed by atoms with Gasteiger partial charge in [0.2, 0.25) is 0 Å². The maximum atomic E-state index is 12.5. The van der Waals surface area contributed by atoms with Gasteiger partial charge < -0.3 is 9.47 Å². The fourth-order valence-electron chi connectivity index (χ4n) is 2.96. The van der Waals surface area contributed by atoms with E-state index in [2.05, 4.69) is 27.1 Å². The molecule has 0 aliphatic rings. The fraction of sp³-hybridized carbons (Fsp3) is 0.238. The van der Waals surface area contributed by atoms with E-state index >= 15 is 0 Å². The van der Waals surface area contributed by atoms with E-state index in [9.17, 15) is 8.42 Å². The number of benzene rings is 2. The summed E-state index contributed by atoms with van der Waals surface area (Å²) in [6.07, 6.45) is 4.87. The Balaban J connectivity index is 1.77. The summed E-state index contributed by atoms with van der Waals surface area (Å²) in [7, 11) is -0.637. The molecular weight excluding hydrogens is 404 g/mol. The van der Waals surface area contributed by atoms with Crippen LogP contribution < -0.4 is 14.3 Å². The van der Waals surface area contributed by atoms with Crippen molar-refractivity contribution in [3.63, 3.8) is 0 Å². The SMILES string of the molecule is CCCc1ccc(S(=O)(=O)N/N=C\c2cn[nH]c2-c2ccc(OC)c(OC)c2)cc1. The van der Waals surface area contributed by atoms with Crippen LogP contribution in [0.4, 0.5) is 0 Å². The Kier molecular flexibility index (Phi) is 6.73. The first kappa shape index (κ1) is 21.4. The molecular formula is C21H24N4O4S. The van der Waals surface area contributed by atoms with Crippen molar-refractivity contribution in [3.8, 4) is 22.8 Å². The number of H-pyrrole nitrogens is 1. The number of rotatable bonds is 9. The average molecular weight is 429 g/mol. The Morgan fingerprint density at radius 1 is 1.10 bits per heavy atom. The summed E-state index contributed by atoms with van der Waals surface area (Å²) < 4.78 is 35.5. The van der Waals surface area contributed by atoms with E-state index in [1.165, 1.54) is 6.21 Å². The van der Waals surface area contributed by atoms with Crippen molar-refractivity contribution < 1.29 is 17.9 Å². The maximum absolute atomic E-state index is 12.5. The summed E-state index contributed by atoms with van der Waals surface area (Å²) >= 11 is 0. The van der Waals surface area contributed by atoms with Crippen LogP contribution in [0.2, 0.25) is 0 Å². The number of methoxy groups -OCH3 is 2. The Hall–Kier alpha value is -3.33. The summed E-state index contributed by atoms with van der Waals surface area (Å²) in [6, 6.07) is 12.2. The van der Waals surface area contributed by atoms with Crippen LogP contribution in [0, 0.1) is 0 Å². The molecule has 0 spiro atoms. The van der Waals surface area contributed by atoms with Gasteiger partial charge >= 0.3 is 0 Å². The molecule has 8 nitrogen and oxygen atoms in total. The van der Waals surface area contributed by atoms with Crippen LogP contribution in [0.25, 0.3) is 11.3 Å². The monoisotopic (exact) mass is 428 g/mol. The lowest BCUT2D eigenvalue weighted by Crippen LogP contribution is -2.18. The van der Waals surface area contributed by atoms with Crippen molar-refractivity contribution in [1.82, 2.24) is 15.0 Å². The van der Waals surface area contributed by atoms with Crippen LogP contribution in [0.5, 0.6) is 11.5 Å². The first-order valence-corrected chi connectivity index (χ1v) is 10.9. The van der Waals surface area contributed by atoms with Crippen molar-refractivity contribution in [2.75, 3.05) is 14.2 Å². The minimum absolute atomic E-state index is 0.159. The molecule has 0 radical (unpaired) electrons. The Morgan fingerprint density at radius 2 is 1.83 bits per heavy atom. The van der Waals surface area contributed by atoms with Crippen LogP contribution in [0.15, 0.2) is 58.7 Å². The molecule has 0 saturated carbocycles. The molecule has 0 bridgehead atoms. The molecule has 3 rings (SSSR count). The van der Waals surface area contributed by atoms with Crippen molar-refractivity contribution in [3.05, 3.63) is 59.8 Å². The van der Waals surface area contributed by atoms with E-state index < -0.39 is 10.0 Å².